The van der Waals surface area contributed by atoms with E-state index in [-0.39, 0.29) is 5.57 Å². The maximum Gasteiger partial charge on any atom is 0.451 e. The quantitative estimate of drug-likeness (QED) is 0.491. The molecule has 0 aromatic heterocycles. The summed E-state index contributed by atoms with van der Waals surface area (Å²) in [5.41, 5.74) is -2.62. The van der Waals surface area contributed by atoms with Crippen molar-refractivity contribution in [2.75, 3.05) is 0 Å². The van der Waals surface area contributed by atoms with E-state index in [1.54, 1.807) is 0 Å². The first-order chi connectivity index (χ1) is 10.9. The van der Waals surface area contributed by atoms with Crippen LogP contribution in [-0.2, 0) is 6.18 Å². The summed E-state index contributed by atoms with van der Waals surface area (Å²) in [7, 11) is 0. The van der Waals surface area contributed by atoms with Crippen LogP contribution in [0.1, 0.15) is 23.6 Å². The van der Waals surface area contributed by atoms with Crippen molar-refractivity contribution in [2.24, 2.45) is 9.98 Å². The van der Waals surface area contributed by atoms with E-state index >= 15 is 0 Å². The Balaban J connectivity index is 3.51. The van der Waals surface area contributed by atoms with Crippen LogP contribution in [0.4, 0.5) is 26.3 Å². The topological polar surface area (TPSA) is 68.7 Å². The fourth-order valence-corrected chi connectivity index (χ4v) is 1.65. The molecule has 1 aromatic rings. The molecule has 0 unspecified atom stereocenters. The second-order valence-corrected chi connectivity index (χ2v) is 4.45. The lowest BCUT2D eigenvalue weighted by atomic mass is 9.99. The van der Waals surface area contributed by atoms with Gasteiger partial charge >= 0.3 is 12.4 Å². The lowest BCUT2D eigenvalue weighted by Gasteiger charge is -2.13. The highest BCUT2D eigenvalue weighted by Crippen LogP contribution is 2.40. The minimum Gasteiger partial charge on any atom is -0.507 e. The molecule has 128 valence electrons. The van der Waals surface area contributed by atoms with Gasteiger partial charge in [-0.15, -0.1) is 0 Å². The maximum absolute atomic E-state index is 12.8. The van der Waals surface area contributed by atoms with Crippen LogP contribution in [0, 0.1) is 11.3 Å². The molecule has 0 saturated heterocycles. The molecule has 0 fully saturated rings. The number of aliphatic imine (C=N–C) groups is 2. The summed E-state index contributed by atoms with van der Waals surface area (Å²) in [6.07, 6.45) is -9.27. The summed E-state index contributed by atoms with van der Waals surface area (Å²) in [4.78, 5) is 5.68. The Kier molecular flexibility index (Phi) is 5.39. The summed E-state index contributed by atoms with van der Waals surface area (Å²) in [6.45, 7) is 3.82. The highest BCUT2D eigenvalue weighted by molar-refractivity contribution is 5.92. The second kappa shape index (κ2) is 6.74. The van der Waals surface area contributed by atoms with E-state index in [2.05, 4.69) is 16.7 Å². The minimum absolute atomic E-state index is 0.236. The first-order valence-electron chi connectivity index (χ1n) is 6.05. The highest BCUT2D eigenvalue weighted by atomic mass is 19.4. The van der Waals surface area contributed by atoms with Crippen molar-refractivity contribution in [1.29, 1.82) is 5.26 Å². The number of hydrogen-bond donors (Lipinski definition) is 1. The Morgan fingerprint density at radius 1 is 1.25 bits per heavy atom. The van der Waals surface area contributed by atoms with Crippen molar-refractivity contribution >= 4 is 18.1 Å². The van der Waals surface area contributed by atoms with Gasteiger partial charge in [-0.05, 0) is 31.3 Å². The third-order valence-corrected chi connectivity index (χ3v) is 2.75. The predicted molar refractivity (Wildman–Crippen MR) is 74.5 cm³/mol. The largest absolute Gasteiger partial charge is 0.507 e. The van der Waals surface area contributed by atoms with Gasteiger partial charge < -0.3 is 5.11 Å². The number of allylic oxidation sites excluding steroid dienone is 1. The third-order valence-electron chi connectivity index (χ3n) is 2.75. The van der Waals surface area contributed by atoms with Crippen LogP contribution in [0.3, 0.4) is 0 Å². The van der Waals surface area contributed by atoms with E-state index in [1.165, 1.54) is 6.07 Å². The first-order valence-corrected chi connectivity index (χ1v) is 6.05. The Morgan fingerprint density at radius 3 is 2.25 bits per heavy atom. The fourth-order valence-electron chi connectivity index (χ4n) is 1.65. The number of phenolic OH excluding ortho intramolecular Hbond substituents is 1. The zero-order valence-electron chi connectivity index (χ0n) is 12.0. The van der Waals surface area contributed by atoms with Crippen molar-refractivity contribution in [3.63, 3.8) is 0 Å². The normalized spacial score (nSPS) is 13.6. The van der Waals surface area contributed by atoms with Crippen molar-refractivity contribution in [1.82, 2.24) is 0 Å². The summed E-state index contributed by atoms with van der Waals surface area (Å²) in [6, 6.07) is 2.82. The van der Waals surface area contributed by atoms with Crippen LogP contribution >= 0.6 is 0 Å². The number of benzene rings is 1. The van der Waals surface area contributed by atoms with Crippen LogP contribution in [0.25, 0.3) is 5.57 Å². The molecule has 0 radical (unpaired) electrons. The van der Waals surface area contributed by atoms with Gasteiger partial charge in [0.15, 0.2) is 0 Å². The van der Waals surface area contributed by atoms with E-state index in [0.29, 0.717) is 12.3 Å². The average molecular weight is 349 g/mol. The molecule has 1 N–H and O–H groups in total. The number of aromatic hydroxyl groups is 1. The number of phenols is 1. The summed E-state index contributed by atoms with van der Waals surface area (Å²) in [5, 5.41) is 18.5. The van der Waals surface area contributed by atoms with Crippen molar-refractivity contribution < 1.29 is 31.4 Å². The molecular weight excluding hydrogens is 340 g/mol. The molecule has 24 heavy (non-hydrogen) atoms. The Bertz CT molecular complexity index is 753. The SMILES string of the molecule is C=N/C(=N\C=C(/C)c1cc(C#N)cc(C(F)(F)F)c1O)C(F)(F)F. The van der Waals surface area contributed by atoms with Crippen LogP contribution in [0.2, 0.25) is 0 Å². The molecule has 0 spiro atoms. The lowest BCUT2D eigenvalue weighted by Crippen LogP contribution is -2.20. The number of halogens is 6. The van der Waals surface area contributed by atoms with E-state index < -0.39 is 40.6 Å². The van der Waals surface area contributed by atoms with Gasteiger partial charge in [-0.1, -0.05) is 0 Å². The number of rotatable bonds is 2. The lowest BCUT2D eigenvalue weighted by molar-refractivity contribution is -0.138. The number of amidine groups is 1. The standard InChI is InChI=1S/C14H9F6N3O/c1-7(6-23-12(22-2)14(18,19)20)9-3-8(5-21)4-10(11(9)24)13(15,16)17/h3-4,6,24H,2H2,1H3/b7-6+,23-12-. The second-order valence-electron chi connectivity index (χ2n) is 4.45. The first kappa shape index (κ1) is 19.2. The van der Waals surface area contributed by atoms with Gasteiger partial charge in [-0.3, -0.25) is 0 Å². The molecule has 0 aliphatic rings. The third kappa shape index (κ3) is 4.34. The van der Waals surface area contributed by atoms with Gasteiger partial charge in [0, 0.05) is 11.8 Å². The zero-order chi connectivity index (χ0) is 18.7. The van der Waals surface area contributed by atoms with Gasteiger partial charge in [-0.2, -0.15) is 31.6 Å². The van der Waals surface area contributed by atoms with Crippen molar-refractivity contribution in [2.45, 2.75) is 19.3 Å². The van der Waals surface area contributed by atoms with Gasteiger partial charge in [-0.25, -0.2) is 9.98 Å². The van der Waals surface area contributed by atoms with E-state index in [9.17, 15) is 31.4 Å². The molecule has 10 heteroatoms. The summed E-state index contributed by atoms with van der Waals surface area (Å²) >= 11 is 0. The molecule has 4 nitrogen and oxygen atoms in total. The summed E-state index contributed by atoms with van der Waals surface area (Å²) in [5.74, 6) is -2.82. The fraction of sp³-hybridized carbons (Fsp3) is 0.214. The van der Waals surface area contributed by atoms with E-state index in [1.807, 2.05) is 0 Å². The monoisotopic (exact) mass is 349 g/mol. The number of nitriles is 1. The van der Waals surface area contributed by atoms with Gasteiger partial charge in [0.2, 0.25) is 5.84 Å². The molecule has 0 amide bonds. The molecule has 0 aliphatic carbocycles. The Morgan fingerprint density at radius 2 is 1.83 bits per heavy atom. The zero-order valence-corrected chi connectivity index (χ0v) is 12.0. The molecule has 0 aliphatic heterocycles. The Hall–Kier alpha value is -2.83. The number of hydrogen-bond acceptors (Lipinski definition) is 3. The van der Waals surface area contributed by atoms with E-state index in [0.717, 1.165) is 13.0 Å². The number of nitrogens with zero attached hydrogens (tertiary/aromatic N) is 3. The predicted octanol–water partition coefficient (Wildman–Crippen LogP) is 4.30. The summed E-state index contributed by atoms with van der Waals surface area (Å²) < 4.78 is 75.9. The minimum atomic E-state index is -4.95. The van der Waals surface area contributed by atoms with Crippen molar-refractivity contribution in [3.8, 4) is 11.8 Å². The molecule has 1 rings (SSSR count). The van der Waals surface area contributed by atoms with Gasteiger partial charge in [0.05, 0.1) is 17.2 Å². The molecule has 0 heterocycles. The maximum atomic E-state index is 12.8. The van der Waals surface area contributed by atoms with Crippen LogP contribution in [0.15, 0.2) is 28.3 Å². The van der Waals surface area contributed by atoms with Crippen LogP contribution in [0.5, 0.6) is 5.75 Å². The average Bonchev–Trinajstić information content (AvgIpc) is 2.45. The molecule has 0 bridgehead atoms. The van der Waals surface area contributed by atoms with Crippen molar-refractivity contribution in [3.05, 3.63) is 35.0 Å². The number of alkyl halides is 6. The molecule has 1 aromatic carbocycles. The van der Waals surface area contributed by atoms with E-state index in [4.69, 9.17) is 5.26 Å². The van der Waals surface area contributed by atoms with Crippen LogP contribution < -0.4 is 0 Å². The Labute approximate surface area is 132 Å². The van der Waals surface area contributed by atoms with Gasteiger partial charge in [0.25, 0.3) is 0 Å². The molecule has 0 saturated carbocycles. The van der Waals surface area contributed by atoms with Gasteiger partial charge in [0.1, 0.15) is 5.75 Å². The highest BCUT2D eigenvalue weighted by Gasteiger charge is 2.36. The smallest absolute Gasteiger partial charge is 0.451 e. The van der Waals surface area contributed by atoms with Crippen LogP contribution in [-0.4, -0.2) is 23.8 Å². The molecular formula is C14H9F6N3O. The molecule has 0 atom stereocenters.